The second-order valence-corrected chi connectivity index (χ2v) is 11.0. The molecule has 3 fully saturated rings. The molecule has 0 spiro atoms. The van der Waals surface area contributed by atoms with E-state index < -0.39 is 16.1 Å². The Hall–Kier alpha value is -1.85. The zero-order valence-corrected chi connectivity index (χ0v) is 19.0. The van der Waals surface area contributed by atoms with Crippen LogP contribution in [0.15, 0.2) is 11.0 Å². The maximum absolute atomic E-state index is 12.3. The normalized spacial score (nSPS) is 26.6. The van der Waals surface area contributed by atoms with E-state index in [-0.39, 0.29) is 34.0 Å². The van der Waals surface area contributed by atoms with Crippen LogP contribution in [0.1, 0.15) is 44.9 Å². The number of rotatable bonds is 6. The highest BCUT2D eigenvalue weighted by molar-refractivity contribution is 7.90. The highest BCUT2D eigenvalue weighted by Gasteiger charge is 2.38. The summed E-state index contributed by atoms with van der Waals surface area (Å²) in [5, 5.41) is 6.80. The van der Waals surface area contributed by atoms with E-state index >= 15 is 0 Å². The van der Waals surface area contributed by atoms with Crippen LogP contribution in [0.2, 0.25) is 5.02 Å². The minimum absolute atomic E-state index is 0.0255. The molecule has 1 aromatic rings. The van der Waals surface area contributed by atoms with Crippen LogP contribution in [0.4, 0.5) is 10.5 Å². The van der Waals surface area contributed by atoms with Crippen molar-refractivity contribution in [1.82, 2.24) is 19.8 Å². The Morgan fingerprint density at radius 3 is 2.52 bits per heavy atom. The van der Waals surface area contributed by atoms with Crippen LogP contribution in [-0.4, -0.2) is 60.8 Å². The lowest BCUT2D eigenvalue weighted by Gasteiger charge is -2.29. The fourth-order valence-electron chi connectivity index (χ4n) is 4.18. The van der Waals surface area contributed by atoms with Gasteiger partial charge >= 0.3 is 6.09 Å². The second-order valence-electron chi connectivity index (χ2n) is 8.59. The third-order valence-corrected chi connectivity index (χ3v) is 8.53. The lowest BCUT2D eigenvalue weighted by Crippen LogP contribution is -2.45. The van der Waals surface area contributed by atoms with E-state index in [9.17, 15) is 18.0 Å². The predicted molar refractivity (Wildman–Crippen MR) is 116 cm³/mol. The van der Waals surface area contributed by atoms with Gasteiger partial charge in [-0.2, -0.15) is 5.10 Å². The van der Waals surface area contributed by atoms with Gasteiger partial charge in [0.25, 0.3) is 5.56 Å². The van der Waals surface area contributed by atoms with Crippen molar-refractivity contribution in [2.75, 3.05) is 18.0 Å². The fourth-order valence-corrected chi connectivity index (χ4v) is 6.12. The van der Waals surface area contributed by atoms with Crippen molar-refractivity contribution in [2.24, 2.45) is 7.05 Å². The number of amides is 1. The molecule has 1 amide bonds. The predicted octanol–water partition coefficient (Wildman–Crippen LogP) is 1.13. The SMILES string of the molecule is Cn1ncc(N2CC[C@@H](OC(=O)NC3CCC(NS(=O)(=O)C4CC4)CC3)C2)c(Cl)c1=O. The largest absolute Gasteiger partial charge is 0.444 e. The molecule has 0 aromatic carbocycles. The molecule has 2 heterocycles. The summed E-state index contributed by atoms with van der Waals surface area (Å²) in [7, 11) is -1.65. The smallest absolute Gasteiger partial charge is 0.407 e. The lowest BCUT2D eigenvalue weighted by atomic mass is 9.92. The Labute approximate surface area is 186 Å². The third-order valence-electron chi connectivity index (χ3n) is 6.16. The van der Waals surface area contributed by atoms with E-state index in [2.05, 4.69) is 15.1 Å². The molecule has 2 aliphatic carbocycles. The van der Waals surface area contributed by atoms with Crippen LogP contribution in [0.25, 0.3) is 0 Å². The van der Waals surface area contributed by atoms with Crippen molar-refractivity contribution in [1.29, 1.82) is 0 Å². The molecule has 3 aliphatic rings. The van der Waals surface area contributed by atoms with E-state index in [1.165, 1.54) is 11.7 Å². The van der Waals surface area contributed by atoms with Crippen LogP contribution in [0.5, 0.6) is 0 Å². The third kappa shape index (κ3) is 5.32. The average Bonchev–Trinajstić information content (AvgIpc) is 3.49. The monoisotopic (exact) mass is 473 g/mol. The Balaban J connectivity index is 1.21. The van der Waals surface area contributed by atoms with Crippen LogP contribution < -0.4 is 20.5 Å². The van der Waals surface area contributed by atoms with Crippen molar-refractivity contribution in [2.45, 2.75) is 68.4 Å². The summed E-state index contributed by atoms with van der Waals surface area (Å²) < 4.78 is 33.7. The van der Waals surface area contributed by atoms with Gasteiger partial charge in [0, 0.05) is 32.1 Å². The molecular weight excluding hydrogens is 446 g/mol. The molecule has 172 valence electrons. The summed E-state index contributed by atoms with van der Waals surface area (Å²) in [4.78, 5) is 26.2. The molecule has 2 N–H and O–H groups in total. The topological polar surface area (TPSA) is 123 Å². The minimum Gasteiger partial charge on any atom is -0.444 e. The van der Waals surface area contributed by atoms with E-state index in [0.29, 0.717) is 50.9 Å². The molecule has 1 atom stereocenters. The quantitative estimate of drug-likeness (QED) is 0.634. The van der Waals surface area contributed by atoms with Crippen LogP contribution in [0.3, 0.4) is 0 Å². The van der Waals surface area contributed by atoms with Gasteiger partial charge in [-0.25, -0.2) is 22.6 Å². The van der Waals surface area contributed by atoms with Gasteiger partial charge in [0.2, 0.25) is 10.0 Å². The van der Waals surface area contributed by atoms with Gasteiger partial charge in [-0.3, -0.25) is 4.79 Å². The molecular formula is C19H28ClN5O5S. The Morgan fingerprint density at radius 1 is 1.16 bits per heavy atom. The number of halogens is 1. The molecule has 31 heavy (non-hydrogen) atoms. The van der Waals surface area contributed by atoms with E-state index in [1.807, 2.05) is 4.90 Å². The van der Waals surface area contributed by atoms with Crippen molar-refractivity contribution in [3.05, 3.63) is 21.6 Å². The maximum Gasteiger partial charge on any atom is 0.407 e. The van der Waals surface area contributed by atoms with Gasteiger partial charge in [0.05, 0.1) is 23.7 Å². The molecule has 0 radical (unpaired) electrons. The Morgan fingerprint density at radius 2 is 1.84 bits per heavy atom. The van der Waals surface area contributed by atoms with Crippen LogP contribution in [-0.2, 0) is 21.8 Å². The zero-order valence-electron chi connectivity index (χ0n) is 17.4. The molecule has 4 rings (SSSR count). The molecule has 12 heteroatoms. The number of ether oxygens (including phenoxy) is 1. The number of nitrogens with one attached hydrogen (secondary N) is 2. The van der Waals surface area contributed by atoms with Gasteiger partial charge < -0.3 is 15.0 Å². The van der Waals surface area contributed by atoms with Crippen molar-refractivity contribution < 1.29 is 17.9 Å². The van der Waals surface area contributed by atoms with Gasteiger partial charge in [-0.05, 0) is 38.5 Å². The van der Waals surface area contributed by atoms with Crippen molar-refractivity contribution >= 4 is 33.4 Å². The summed E-state index contributed by atoms with van der Waals surface area (Å²) in [6.07, 6.45) is 5.71. The summed E-state index contributed by atoms with van der Waals surface area (Å²) in [5.74, 6) is 0. The van der Waals surface area contributed by atoms with Gasteiger partial charge in [-0.1, -0.05) is 11.6 Å². The number of carbonyl (C=O) groups is 1. The molecule has 2 saturated carbocycles. The first kappa shape index (κ1) is 22.3. The maximum atomic E-state index is 12.3. The first-order valence-electron chi connectivity index (χ1n) is 10.7. The number of aromatic nitrogens is 2. The average molecular weight is 474 g/mol. The standard InChI is InChI=1S/C19H28ClN5O5S/c1-24-18(26)17(20)16(10-21-24)25-9-8-14(11-25)30-19(27)22-12-2-4-13(5-3-12)23-31(28,29)15-6-7-15/h10,12-15,23H,2-9,11H2,1H3,(H,22,27)/t12?,13?,14-/m1/s1. The number of hydrogen-bond acceptors (Lipinski definition) is 7. The van der Waals surface area contributed by atoms with Gasteiger partial charge in [-0.15, -0.1) is 0 Å². The molecule has 10 nitrogen and oxygen atoms in total. The lowest BCUT2D eigenvalue weighted by molar-refractivity contribution is 0.102. The van der Waals surface area contributed by atoms with E-state index in [4.69, 9.17) is 16.3 Å². The Bertz CT molecular complexity index is 988. The Kier molecular flexibility index (Phi) is 6.45. The first-order valence-corrected chi connectivity index (χ1v) is 12.6. The number of alkyl carbamates (subject to hydrolysis) is 1. The van der Waals surface area contributed by atoms with E-state index in [1.54, 1.807) is 6.20 Å². The number of aryl methyl sites for hydroxylation is 1. The summed E-state index contributed by atoms with van der Waals surface area (Å²) in [6.45, 7) is 1.05. The first-order chi connectivity index (χ1) is 14.7. The number of hydrogen-bond donors (Lipinski definition) is 2. The molecule has 0 bridgehead atoms. The number of anilines is 1. The van der Waals surface area contributed by atoms with E-state index in [0.717, 1.165) is 12.8 Å². The van der Waals surface area contributed by atoms with Crippen molar-refractivity contribution in [3.63, 3.8) is 0 Å². The van der Waals surface area contributed by atoms with Gasteiger partial charge in [0.15, 0.2) is 0 Å². The summed E-state index contributed by atoms with van der Waals surface area (Å²) in [6, 6.07) is -0.0810. The second kappa shape index (κ2) is 8.95. The molecule has 1 aliphatic heterocycles. The van der Waals surface area contributed by atoms with Crippen LogP contribution >= 0.6 is 11.6 Å². The van der Waals surface area contributed by atoms with Crippen LogP contribution in [0, 0.1) is 0 Å². The summed E-state index contributed by atoms with van der Waals surface area (Å²) >= 11 is 6.16. The molecule has 1 saturated heterocycles. The highest BCUT2D eigenvalue weighted by Crippen LogP contribution is 2.29. The number of nitrogens with zero attached hydrogens (tertiary/aromatic N) is 3. The summed E-state index contributed by atoms with van der Waals surface area (Å²) in [5.41, 5.74) is 0.180. The highest BCUT2D eigenvalue weighted by atomic mass is 35.5. The minimum atomic E-state index is -3.18. The number of sulfonamides is 1. The number of carbonyl (C=O) groups excluding carboxylic acids is 1. The zero-order chi connectivity index (χ0) is 22.2. The fraction of sp³-hybridized carbons (Fsp3) is 0.737. The van der Waals surface area contributed by atoms with Crippen molar-refractivity contribution in [3.8, 4) is 0 Å². The molecule has 1 aromatic heterocycles. The van der Waals surface area contributed by atoms with Gasteiger partial charge in [0.1, 0.15) is 11.1 Å². The molecule has 0 unspecified atom stereocenters.